The largest absolute Gasteiger partial charge is 0.384 e. The van der Waals surface area contributed by atoms with Crippen LogP contribution in [-0.2, 0) is 4.79 Å². The molecule has 1 unspecified atom stereocenters. The van der Waals surface area contributed by atoms with Gasteiger partial charge in [-0.2, -0.15) is 0 Å². The minimum Gasteiger partial charge on any atom is -0.384 e. The highest BCUT2D eigenvalue weighted by Gasteiger charge is 2.39. The minimum atomic E-state index is -0.0624. The molecule has 1 aromatic rings. The predicted molar refractivity (Wildman–Crippen MR) is 112 cm³/mol. The first-order valence-corrected chi connectivity index (χ1v) is 10.6. The molecule has 3 atom stereocenters. The van der Waals surface area contributed by atoms with Crippen LogP contribution in [0.2, 0.25) is 0 Å². The second kappa shape index (κ2) is 7.31. The summed E-state index contributed by atoms with van der Waals surface area (Å²) in [7, 11) is 0. The van der Waals surface area contributed by atoms with Crippen LogP contribution in [-0.4, -0.2) is 42.5 Å². The lowest BCUT2D eigenvalue weighted by molar-refractivity contribution is -0.135. The molecule has 1 aliphatic carbocycles. The van der Waals surface area contributed by atoms with Crippen LogP contribution in [0.4, 0.5) is 5.69 Å². The van der Waals surface area contributed by atoms with Crippen molar-refractivity contribution in [3.05, 3.63) is 35.4 Å². The third-order valence-electron chi connectivity index (χ3n) is 6.40. The van der Waals surface area contributed by atoms with Crippen LogP contribution >= 0.6 is 0 Å². The van der Waals surface area contributed by atoms with E-state index < -0.39 is 0 Å². The third-order valence-corrected chi connectivity index (χ3v) is 6.40. The highest BCUT2D eigenvalue weighted by Crippen LogP contribution is 2.46. The van der Waals surface area contributed by atoms with E-state index in [9.17, 15) is 4.79 Å². The number of amides is 1. The minimum absolute atomic E-state index is 0.0624. The van der Waals surface area contributed by atoms with Gasteiger partial charge in [0, 0.05) is 43.3 Å². The average molecular weight is 368 g/mol. The molecule has 1 amide bonds. The zero-order valence-corrected chi connectivity index (χ0v) is 17.1. The fraction of sp³-hybridized carbons (Fsp3) is 0.609. The number of nitrogens with zero attached hydrogens (tertiary/aromatic N) is 1. The fourth-order valence-electron chi connectivity index (χ4n) is 4.88. The molecule has 4 nitrogen and oxygen atoms in total. The quantitative estimate of drug-likeness (QED) is 0.831. The molecule has 0 bridgehead atoms. The number of carbonyl (C=O) groups excluding carboxylic acids is 1. The van der Waals surface area contributed by atoms with Gasteiger partial charge in [0.1, 0.15) is 0 Å². The van der Waals surface area contributed by atoms with Gasteiger partial charge in [-0.15, -0.1) is 0 Å². The van der Waals surface area contributed by atoms with Crippen LogP contribution in [0.25, 0.3) is 5.57 Å². The predicted octanol–water partition coefficient (Wildman–Crippen LogP) is 3.85. The number of carbonyl (C=O) groups is 1. The lowest BCUT2D eigenvalue weighted by Gasteiger charge is -2.38. The van der Waals surface area contributed by atoms with Crippen molar-refractivity contribution in [2.75, 3.05) is 25.0 Å². The summed E-state index contributed by atoms with van der Waals surface area (Å²) in [4.78, 5) is 15.4. The van der Waals surface area contributed by atoms with Gasteiger partial charge >= 0.3 is 0 Å². The number of fused-ring (bicyclic) bond motifs is 2. The summed E-state index contributed by atoms with van der Waals surface area (Å²) in [6.45, 7) is 11.4. The van der Waals surface area contributed by atoms with Crippen LogP contribution in [0, 0.1) is 11.8 Å². The van der Waals surface area contributed by atoms with Crippen molar-refractivity contribution in [1.29, 1.82) is 0 Å². The molecule has 0 spiro atoms. The maximum Gasteiger partial charge on any atom is 0.231 e. The van der Waals surface area contributed by atoms with Crippen LogP contribution in [0.3, 0.4) is 0 Å². The zero-order chi connectivity index (χ0) is 19.1. The average Bonchev–Trinajstić information content (AvgIpc) is 3.05. The summed E-state index contributed by atoms with van der Waals surface area (Å²) in [6.07, 6.45) is 4.46. The second-order valence-electron chi connectivity index (χ2n) is 9.08. The number of hydrogen-bond acceptors (Lipinski definition) is 3. The number of rotatable bonds is 5. The number of anilines is 1. The van der Waals surface area contributed by atoms with Gasteiger partial charge in [0.15, 0.2) is 0 Å². The van der Waals surface area contributed by atoms with Crippen molar-refractivity contribution >= 4 is 17.2 Å². The van der Waals surface area contributed by atoms with Crippen molar-refractivity contribution in [2.24, 2.45) is 11.8 Å². The molecule has 4 rings (SSSR count). The number of benzene rings is 1. The molecule has 146 valence electrons. The normalized spacial score (nSPS) is 25.7. The molecule has 1 aromatic carbocycles. The highest BCUT2D eigenvalue weighted by atomic mass is 16.2. The summed E-state index contributed by atoms with van der Waals surface area (Å²) in [5.41, 5.74) is 5.44. The Labute approximate surface area is 163 Å². The van der Waals surface area contributed by atoms with Gasteiger partial charge < -0.3 is 15.5 Å². The smallest absolute Gasteiger partial charge is 0.231 e. The Kier molecular flexibility index (Phi) is 5.02. The summed E-state index contributed by atoms with van der Waals surface area (Å²) in [5, 5.41) is 7.25. The van der Waals surface area contributed by atoms with E-state index in [1.807, 2.05) is 0 Å². The maximum absolute atomic E-state index is 13.3. The third kappa shape index (κ3) is 3.40. The van der Waals surface area contributed by atoms with E-state index >= 15 is 0 Å². The molecule has 0 fully saturated rings. The van der Waals surface area contributed by atoms with E-state index in [1.54, 1.807) is 0 Å². The first-order valence-electron chi connectivity index (χ1n) is 10.6. The van der Waals surface area contributed by atoms with Gasteiger partial charge in [-0.25, -0.2) is 0 Å². The topological polar surface area (TPSA) is 44.4 Å². The van der Waals surface area contributed by atoms with E-state index in [-0.39, 0.29) is 17.9 Å². The van der Waals surface area contributed by atoms with E-state index in [2.05, 4.69) is 67.5 Å². The Morgan fingerprint density at radius 3 is 2.78 bits per heavy atom. The molecule has 3 aliphatic rings. The molecule has 27 heavy (non-hydrogen) atoms. The summed E-state index contributed by atoms with van der Waals surface area (Å²) in [6, 6.07) is 7.19. The van der Waals surface area contributed by atoms with Gasteiger partial charge in [0.05, 0.1) is 5.92 Å². The fourth-order valence-corrected chi connectivity index (χ4v) is 4.88. The molecule has 4 heteroatoms. The molecule has 2 heterocycles. The second-order valence-corrected chi connectivity index (χ2v) is 9.08. The Morgan fingerprint density at radius 2 is 2.04 bits per heavy atom. The molecule has 0 radical (unpaired) electrons. The molecule has 2 N–H and O–H groups in total. The lowest BCUT2D eigenvalue weighted by Crippen LogP contribution is -2.48. The molecule has 0 saturated carbocycles. The number of hydrogen-bond donors (Lipinski definition) is 2. The Morgan fingerprint density at radius 1 is 1.22 bits per heavy atom. The van der Waals surface area contributed by atoms with Crippen LogP contribution in [0.1, 0.15) is 57.6 Å². The van der Waals surface area contributed by atoms with Crippen LogP contribution in [0.15, 0.2) is 24.3 Å². The van der Waals surface area contributed by atoms with Gasteiger partial charge in [-0.1, -0.05) is 32.1 Å². The Balaban J connectivity index is 1.61. The molecule has 0 aromatic heterocycles. The van der Waals surface area contributed by atoms with Crippen molar-refractivity contribution < 1.29 is 4.79 Å². The SMILES string of the molecule is CC(C)CCN(C(=O)[C@@H]1C=C2c3cccc4c3C(CN4)C[C@H]2NC1)C(C)C. The Bertz CT molecular complexity index is 752. The highest BCUT2D eigenvalue weighted by molar-refractivity contribution is 5.87. The standard InChI is InChI=1S/C23H33N3O/c1-14(2)8-9-26(15(3)4)23(27)17-10-19-18-6-5-7-20-22(18)16(12-24-20)11-21(19)25-13-17/h5-7,10,14-17,21,24-25H,8-9,11-13H2,1-4H3/t16?,17-,21-/m1/s1. The summed E-state index contributed by atoms with van der Waals surface area (Å²) >= 11 is 0. The van der Waals surface area contributed by atoms with E-state index in [0.29, 0.717) is 17.9 Å². The van der Waals surface area contributed by atoms with Gasteiger partial charge in [-0.05, 0) is 55.4 Å². The first kappa shape index (κ1) is 18.5. The maximum atomic E-state index is 13.3. The number of nitrogens with one attached hydrogen (secondary N) is 2. The van der Waals surface area contributed by atoms with Crippen molar-refractivity contribution in [2.45, 2.75) is 58.5 Å². The molecule has 2 aliphatic heterocycles. The lowest BCUT2D eigenvalue weighted by atomic mass is 9.75. The van der Waals surface area contributed by atoms with Gasteiger partial charge in [0.2, 0.25) is 5.91 Å². The molecular weight excluding hydrogens is 334 g/mol. The van der Waals surface area contributed by atoms with E-state index in [4.69, 9.17) is 0 Å². The molecular formula is C23H33N3O. The van der Waals surface area contributed by atoms with Crippen LogP contribution in [0.5, 0.6) is 0 Å². The first-order chi connectivity index (χ1) is 13.0. The molecule has 0 saturated heterocycles. The van der Waals surface area contributed by atoms with Crippen molar-refractivity contribution in [3.63, 3.8) is 0 Å². The van der Waals surface area contributed by atoms with Gasteiger partial charge in [-0.3, -0.25) is 4.79 Å². The monoisotopic (exact) mass is 367 g/mol. The Hall–Kier alpha value is -1.81. The van der Waals surface area contributed by atoms with E-state index in [0.717, 1.165) is 32.5 Å². The van der Waals surface area contributed by atoms with Gasteiger partial charge in [0.25, 0.3) is 0 Å². The van der Waals surface area contributed by atoms with Crippen molar-refractivity contribution in [3.8, 4) is 0 Å². The summed E-state index contributed by atoms with van der Waals surface area (Å²) < 4.78 is 0. The zero-order valence-electron chi connectivity index (χ0n) is 17.1. The van der Waals surface area contributed by atoms with E-state index in [1.165, 1.54) is 22.4 Å². The van der Waals surface area contributed by atoms with Crippen molar-refractivity contribution in [1.82, 2.24) is 10.2 Å². The summed E-state index contributed by atoms with van der Waals surface area (Å²) in [5.74, 6) is 1.42. The van der Waals surface area contributed by atoms with Crippen LogP contribution < -0.4 is 10.6 Å².